The van der Waals surface area contributed by atoms with Gasteiger partial charge in [0.25, 0.3) is 0 Å². The molecular weight excluding hydrogens is 230 g/mol. The first-order valence-corrected chi connectivity index (χ1v) is 7.97. The van der Waals surface area contributed by atoms with Gasteiger partial charge in [0.15, 0.2) is 0 Å². The van der Waals surface area contributed by atoms with Gasteiger partial charge in [-0.15, -0.1) is 0 Å². The second-order valence-electron chi connectivity index (χ2n) is 7.64. The van der Waals surface area contributed by atoms with E-state index in [1.807, 2.05) is 0 Å². The highest BCUT2D eigenvalue weighted by Gasteiger charge is 2.50. The van der Waals surface area contributed by atoms with Crippen molar-refractivity contribution >= 4 is 5.69 Å². The second kappa shape index (κ2) is 4.01. The molecule has 4 bridgehead atoms. The van der Waals surface area contributed by atoms with Gasteiger partial charge in [0, 0.05) is 11.2 Å². The average Bonchev–Trinajstić information content (AvgIpc) is 2.31. The number of anilines is 1. The molecular formula is C18H25N. The molecule has 0 saturated heterocycles. The monoisotopic (exact) mass is 255 g/mol. The normalized spacial score (nSPS) is 39.6. The average molecular weight is 255 g/mol. The van der Waals surface area contributed by atoms with Gasteiger partial charge in [-0.05, 0) is 87.3 Å². The van der Waals surface area contributed by atoms with E-state index in [0.717, 1.165) is 17.8 Å². The Kier molecular flexibility index (Phi) is 2.49. The molecule has 19 heavy (non-hydrogen) atoms. The number of rotatable bonds is 2. The minimum absolute atomic E-state index is 0.438. The molecule has 4 saturated carbocycles. The van der Waals surface area contributed by atoms with Gasteiger partial charge in [-0.1, -0.05) is 12.1 Å². The molecule has 0 radical (unpaired) electrons. The van der Waals surface area contributed by atoms with E-state index in [0.29, 0.717) is 5.54 Å². The minimum atomic E-state index is 0.438. The Morgan fingerprint density at radius 2 is 1.53 bits per heavy atom. The summed E-state index contributed by atoms with van der Waals surface area (Å²) in [6.45, 7) is 4.44. The molecule has 1 nitrogen and oxygen atoms in total. The van der Waals surface area contributed by atoms with Crippen molar-refractivity contribution in [2.45, 2.75) is 57.9 Å². The lowest BCUT2D eigenvalue weighted by Crippen LogP contribution is -2.54. The van der Waals surface area contributed by atoms with Crippen LogP contribution in [-0.4, -0.2) is 5.54 Å². The third kappa shape index (κ3) is 1.98. The van der Waals surface area contributed by atoms with E-state index in [1.54, 1.807) is 0 Å². The Bertz CT molecular complexity index is 467. The summed E-state index contributed by atoms with van der Waals surface area (Å²) in [4.78, 5) is 0. The van der Waals surface area contributed by atoms with Crippen molar-refractivity contribution in [1.29, 1.82) is 0 Å². The Balaban J connectivity index is 1.64. The molecule has 0 atom stereocenters. The Hall–Kier alpha value is -0.980. The van der Waals surface area contributed by atoms with Crippen LogP contribution in [0.1, 0.15) is 49.7 Å². The maximum Gasteiger partial charge on any atom is 0.0381 e. The van der Waals surface area contributed by atoms with Crippen LogP contribution >= 0.6 is 0 Å². The van der Waals surface area contributed by atoms with Crippen LogP contribution in [0, 0.1) is 31.6 Å². The van der Waals surface area contributed by atoms with Crippen molar-refractivity contribution in [3.8, 4) is 0 Å². The standard InChI is InChI=1S/C18H25N/c1-12-3-4-13(2)17(5-12)19-18-9-14-6-15(10-18)8-16(7-14)11-18/h3-5,14-16,19H,6-11H2,1-2H3. The van der Waals surface area contributed by atoms with Gasteiger partial charge in [0.1, 0.15) is 0 Å². The first kappa shape index (κ1) is 11.8. The summed E-state index contributed by atoms with van der Waals surface area (Å²) in [6, 6.07) is 6.83. The quantitative estimate of drug-likeness (QED) is 0.808. The van der Waals surface area contributed by atoms with E-state index in [2.05, 4.69) is 37.4 Å². The molecule has 0 spiro atoms. The van der Waals surface area contributed by atoms with Crippen LogP contribution in [0.4, 0.5) is 5.69 Å². The molecule has 0 heterocycles. The fraction of sp³-hybridized carbons (Fsp3) is 0.667. The van der Waals surface area contributed by atoms with E-state index < -0.39 is 0 Å². The highest BCUT2D eigenvalue weighted by molar-refractivity contribution is 5.54. The van der Waals surface area contributed by atoms with E-state index in [1.165, 1.54) is 55.3 Å². The maximum absolute atomic E-state index is 4.00. The maximum atomic E-state index is 4.00. The zero-order valence-electron chi connectivity index (χ0n) is 12.2. The zero-order valence-corrected chi connectivity index (χ0v) is 12.2. The van der Waals surface area contributed by atoms with Gasteiger partial charge in [-0.25, -0.2) is 0 Å². The summed E-state index contributed by atoms with van der Waals surface area (Å²) < 4.78 is 0. The molecule has 0 unspecified atom stereocenters. The van der Waals surface area contributed by atoms with Crippen molar-refractivity contribution in [2.24, 2.45) is 17.8 Å². The lowest BCUT2D eigenvalue weighted by Gasteiger charge is -2.57. The number of aryl methyl sites for hydroxylation is 2. The van der Waals surface area contributed by atoms with Crippen molar-refractivity contribution in [2.75, 3.05) is 5.32 Å². The molecule has 4 fully saturated rings. The topological polar surface area (TPSA) is 12.0 Å². The summed E-state index contributed by atoms with van der Waals surface area (Å²) in [6.07, 6.45) is 8.83. The highest BCUT2D eigenvalue weighted by atomic mass is 15.0. The predicted octanol–water partition coefficient (Wildman–Crippen LogP) is 4.68. The third-order valence-corrected chi connectivity index (χ3v) is 5.83. The molecule has 4 aliphatic carbocycles. The first-order chi connectivity index (χ1) is 9.12. The third-order valence-electron chi connectivity index (χ3n) is 5.83. The van der Waals surface area contributed by atoms with Crippen LogP contribution in [0.25, 0.3) is 0 Å². The van der Waals surface area contributed by atoms with Crippen LogP contribution in [0.3, 0.4) is 0 Å². The molecule has 102 valence electrons. The molecule has 1 aromatic carbocycles. The minimum Gasteiger partial charge on any atom is -0.379 e. The molecule has 1 heteroatoms. The molecule has 5 rings (SSSR count). The zero-order chi connectivity index (χ0) is 13.0. The number of nitrogens with one attached hydrogen (secondary N) is 1. The molecule has 4 aliphatic rings. The van der Waals surface area contributed by atoms with E-state index in [4.69, 9.17) is 0 Å². The largest absolute Gasteiger partial charge is 0.379 e. The van der Waals surface area contributed by atoms with Crippen LogP contribution in [-0.2, 0) is 0 Å². The first-order valence-electron chi connectivity index (χ1n) is 7.97. The predicted molar refractivity (Wildman–Crippen MR) is 80.4 cm³/mol. The van der Waals surface area contributed by atoms with Crippen LogP contribution < -0.4 is 5.32 Å². The van der Waals surface area contributed by atoms with Gasteiger partial charge >= 0.3 is 0 Å². The van der Waals surface area contributed by atoms with Gasteiger partial charge in [-0.2, -0.15) is 0 Å². The van der Waals surface area contributed by atoms with Gasteiger partial charge in [0.2, 0.25) is 0 Å². The summed E-state index contributed by atoms with van der Waals surface area (Å²) >= 11 is 0. The number of hydrogen-bond donors (Lipinski definition) is 1. The van der Waals surface area contributed by atoms with Crippen molar-refractivity contribution in [1.82, 2.24) is 0 Å². The fourth-order valence-corrected chi connectivity index (χ4v) is 5.42. The van der Waals surface area contributed by atoms with Crippen molar-refractivity contribution < 1.29 is 0 Å². The fourth-order valence-electron chi connectivity index (χ4n) is 5.42. The van der Waals surface area contributed by atoms with Gasteiger partial charge in [-0.3, -0.25) is 0 Å². The SMILES string of the molecule is Cc1ccc(C)c(NC23CC4CC(CC(C4)C2)C3)c1. The van der Waals surface area contributed by atoms with E-state index >= 15 is 0 Å². The summed E-state index contributed by atoms with van der Waals surface area (Å²) in [5.74, 6) is 3.05. The molecule has 1 aromatic rings. The molecule has 0 amide bonds. The van der Waals surface area contributed by atoms with Gasteiger partial charge < -0.3 is 5.32 Å². The summed E-state index contributed by atoms with van der Waals surface area (Å²) in [5.41, 5.74) is 4.61. The second-order valence-corrected chi connectivity index (χ2v) is 7.64. The smallest absolute Gasteiger partial charge is 0.0381 e. The summed E-state index contributed by atoms with van der Waals surface area (Å²) in [5, 5.41) is 4.00. The van der Waals surface area contributed by atoms with Gasteiger partial charge in [0.05, 0.1) is 0 Å². The van der Waals surface area contributed by atoms with E-state index in [9.17, 15) is 0 Å². The summed E-state index contributed by atoms with van der Waals surface area (Å²) in [7, 11) is 0. The molecule has 0 aliphatic heterocycles. The Morgan fingerprint density at radius 1 is 0.947 bits per heavy atom. The van der Waals surface area contributed by atoms with Crippen LogP contribution in [0.5, 0.6) is 0 Å². The number of benzene rings is 1. The van der Waals surface area contributed by atoms with Crippen molar-refractivity contribution in [3.63, 3.8) is 0 Å². The Labute approximate surface area is 116 Å². The Morgan fingerprint density at radius 3 is 2.11 bits per heavy atom. The van der Waals surface area contributed by atoms with E-state index in [-0.39, 0.29) is 0 Å². The number of hydrogen-bond acceptors (Lipinski definition) is 1. The molecule has 0 aromatic heterocycles. The lowest BCUT2D eigenvalue weighted by molar-refractivity contribution is 0.0107. The van der Waals surface area contributed by atoms with Crippen molar-refractivity contribution in [3.05, 3.63) is 29.3 Å². The lowest BCUT2D eigenvalue weighted by atomic mass is 9.53. The van der Waals surface area contributed by atoms with Crippen LogP contribution in [0.2, 0.25) is 0 Å². The molecule has 1 N–H and O–H groups in total. The van der Waals surface area contributed by atoms with Crippen LogP contribution in [0.15, 0.2) is 18.2 Å². The highest BCUT2D eigenvalue weighted by Crippen LogP contribution is 2.56.